The minimum atomic E-state index is 0.213. The molecule has 0 radical (unpaired) electrons. The summed E-state index contributed by atoms with van der Waals surface area (Å²) in [6.45, 7) is 2.66. The average molecular weight is 225 g/mol. The van der Waals surface area contributed by atoms with Crippen molar-refractivity contribution < 1.29 is 4.79 Å². The van der Waals surface area contributed by atoms with Crippen molar-refractivity contribution >= 4 is 5.91 Å². The van der Waals surface area contributed by atoms with Gasteiger partial charge in [-0.2, -0.15) is 0 Å². The number of piperidine rings is 1. The Hall–Kier alpha value is -0.610. The Morgan fingerprint density at radius 2 is 2.12 bits per heavy atom. The van der Waals surface area contributed by atoms with Crippen LogP contribution >= 0.6 is 0 Å². The van der Waals surface area contributed by atoms with Crippen molar-refractivity contribution in [2.45, 2.75) is 44.2 Å². The Bertz CT molecular complexity index is 238. The number of likely N-dealkylation sites (N-methyl/N-ethyl adjacent to an activating group) is 1. The van der Waals surface area contributed by atoms with Crippen molar-refractivity contribution in [3.8, 4) is 0 Å². The lowest BCUT2D eigenvalue weighted by Crippen LogP contribution is -2.49. The zero-order valence-corrected chi connectivity index (χ0v) is 10.2. The standard InChI is InChI=1S/C12H23N3O/c1-13-8-11-4-2-3-7-15(11)9-12(16)14-10-5-6-10/h10-11,13H,2-9H2,1H3,(H,14,16). The molecule has 0 bridgehead atoms. The van der Waals surface area contributed by atoms with Gasteiger partial charge in [0, 0.05) is 18.6 Å². The maximum absolute atomic E-state index is 11.7. The van der Waals surface area contributed by atoms with E-state index in [1.54, 1.807) is 0 Å². The van der Waals surface area contributed by atoms with Crippen LogP contribution in [0.5, 0.6) is 0 Å². The fourth-order valence-corrected chi connectivity index (χ4v) is 2.42. The van der Waals surface area contributed by atoms with Crippen LogP contribution in [0.3, 0.4) is 0 Å². The molecule has 0 spiro atoms. The summed E-state index contributed by atoms with van der Waals surface area (Å²) in [7, 11) is 1.98. The first-order valence-electron chi connectivity index (χ1n) is 6.47. The van der Waals surface area contributed by atoms with Gasteiger partial charge in [0.25, 0.3) is 0 Å². The number of rotatable bonds is 5. The number of likely N-dealkylation sites (tertiary alicyclic amines) is 1. The van der Waals surface area contributed by atoms with Crippen molar-refractivity contribution in [2.75, 3.05) is 26.7 Å². The number of amides is 1. The van der Waals surface area contributed by atoms with Crippen LogP contribution in [0, 0.1) is 0 Å². The van der Waals surface area contributed by atoms with Crippen molar-refractivity contribution in [1.82, 2.24) is 15.5 Å². The molecule has 16 heavy (non-hydrogen) atoms. The van der Waals surface area contributed by atoms with Crippen LogP contribution in [-0.4, -0.2) is 49.6 Å². The number of nitrogens with zero attached hydrogens (tertiary/aromatic N) is 1. The molecular formula is C12H23N3O. The Morgan fingerprint density at radius 3 is 2.81 bits per heavy atom. The molecule has 2 rings (SSSR count). The molecule has 1 saturated heterocycles. The van der Waals surface area contributed by atoms with Crippen molar-refractivity contribution in [3.05, 3.63) is 0 Å². The van der Waals surface area contributed by atoms with Crippen LogP contribution in [0.2, 0.25) is 0 Å². The van der Waals surface area contributed by atoms with Crippen LogP contribution in [-0.2, 0) is 4.79 Å². The van der Waals surface area contributed by atoms with E-state index >= 15 is 0 Å². The summed E-state index contributed by atoms with van der Waals surface area (Å²) in [6.07, 6.45) is 6.10. The second-order valence-electron chi connectivity index (χ2n) is 5.02. The molecule has 1 amide bonds. The average Bonchev–Trinajstić information content (AvgIpc) is 3.05. The maximum Gasteiger partial charge on any atom is 0.234 e. The number of hydrogen-bond acceptors (Lipinski definition) is 3. The number of carbonyl (C=O) groups is 1. The lowest BCUT2D eigenvalue weighted by Gasteiger charge is -2.35. The first-order valence-corrected chi connectivity index (χ1v) is 6.47. The second kappa shape index (κ2) is 5.64. The fourth-order valence-electron chi connectivity index (χ4n) is 2.42. The molecule has 2 aliphatic rings. The van der Waals surface area contributed by atoms with E-state index in [9.17, 15) is 4.79 Å². The van der Waals surface area contributed by atoms with Crippen LogP contribution in [0.25, 0.3) is 0 Å². The lowest BCUT2D eigenvalue weighted by atomic mass is 10.0. The summed E-state index contributed by atoms with van der Waals surface area (Å²) >= 11 is 0. The minimum Gasteiger partial charge on any atom is -0.352 e. The van der Waals surface area contributed by atoms with E-state index < -0.39 is 0 Å². The van der Waals surface area contributed by atoms with Gasteiger partial charge in [0.05, 0.1) is 6.54 Å². The SMILES string of the molecule is CNCC1CCCCN1CC(=O)NC1CC1. The molecule has 1 saturated carbocycles. The molecule has 0 aromatic carbocycles. The van der Waals surface area contributed by atoms with Gasteiger partial charge in [-0.3, -0.25) is 9.69 Å². The van der Waals surface area contributed by atoms with E-state index in [1.165, 1.54) is 32.1 Å². The second-order valence-corrected chi connectivity index (χ2v) is 5.02. The van der Waals surface area contributed by atoms with E-state index in [-0.39, 0.29) is 5.91 Å². The summed E-state index contributed by atoms with van der Waals surface area (Å²) in [5.41, 5.74) is 0. The minimum absolute atomic E-state index is 0.213. The molecule has 4 heteroatoms. The van der Waals surface area contributed by atoms with Crippen molar-refractivity contribution in [3.63, 3.8) is 0 Å². The van der Waals surface area contributed by atoms with Crippen LogP contribution in [0.15, 0.2) is 0 Å². The molecule has 1 aliphatic heterocycles. The first kappa shape index (κ1) is 11.9. The van der Waals surface area contributed by atoms with Crippen LogP contribution < -0.4 is 10.6 Å². The van der Waals surface area contributed by atoms with Gasteiger partial charge < -0.3 is 10.6 Å². The zero-order valence-electron chi connectivity index (χ0n) is 10.2. The zero-order chi connectivity index (χ0) is 11.4. The molecule has 4 nitrogen and oxygen atoms in total. The molecule has 0 aromatic heterocycles. The van der Waals surface area contributed by atoms with E-state index in [2.05, 4.69) is 15.5 Å². The molecule has 2 N–H and O–H groups in total. The van der Waals surface area contributed by atoms with E-state index in [1.807, 2.05) is 7.05 Å². The summed E-state index contributed by atoms with van der Waals surface area (Å²) in [6, 6.07) is 1.03. The molecule has 1 unspecified atom stereocenters. The molecular weight excluding hydrogens is 202 g/mol. The largest absolute Gasteiger partial charge is 0.352 e. The van der Waals surface area contributed by atoms with Crippen molar-refractivity contribution in [1.29, 1.82) is 0 Å². The monoisotopic (exact) mass is 225 g/mol. The van der Waals surface area contributed by atoms with Gasteiger partial charge in [-0.05, 0) is 39.3 Å². The fraction of sp³-hybridized carbons (Fsp3) is 0.917. The van der Waals surface area contributed by atoms with E-state index in [4.69, 9.17) is 0 Å². The molecule has 1 heterocycles. The summed E-state index contributed by atoms with van der Waals surface area (Å²) in [5, 5.41) is 6.28. The highest BCUT2D eigenvalue weighted by atomic mass is 16.2. The Morgan fingerprint density at radius 1 is 1.31 bits per heavy atom. The van der Waals surface area contributed by atoms with Crippen LogP contribution in [0.1, 0.15) is 32.1 Å². The molecule has 0 aromatic rings. The van der Waals surface area contributed by atoms with E-state index in [0.717, 1.165) is 13.1 Å². The Kier molecular flexibility index (Phi) is 4.18. The van der Waals surface area contributed by atoms with Gasteiger partial charge >= 0.3 is 0 Å². The third kappa shape index (κ3) is 3.46. The van der Waals surface area contributed by atoms with Gasteiger partial charge in [-0.15, -0.1) is 0 Å². The number of carbonyl (C=O) groups excluding carboxylic acids is 1. The smallest absolute Gasteiger partial charge is 0.234 e. The van der Waals surface area contributed by atoms with Gasteiger partial charge in [0.1, 0.15) is 0 Å². The first-order chi connectivity index (χ1) is 7.79. The summed E-state index contributed by atoms with van der Waals surface area (Å²) < 4.78 is 0. The maximum atomic E-state index is 11.7. The van der Waals surface area contributed by atoms with Gasteiger partial charge in [0.15, 0.2) is 0 Å². The van der Waals surface area contributed by atoms with E-state index in [0.29, 0.717) is 18.6 Å². The van der Waals surface area contributed by atoms with Crippen molar-refractivity contribution in [2.24, 2.45) is 0 Å². The highest BCUT2D eigenvalue weighted by Crippen LogP contribution is 2.19. The van der Waals surface area contributed by atoms with Crippen LogP contribution in [0.4, 0.5) is 0 Å². The summed E-state index contributed by atoms with van der Waals surface area (Å²) in [4.78, 5) is 14.1. The predicted octanol–water partition coefficient (Wildman–Crippen LogP) is 0.339. The lowest BCUT2D eigenvalue weighted by molar-refractivity contribution is -0.123. The van der Waals surface area contributed by atoms with Gasteiger partial charge in [-0.1, -0.05) is 6.42 Å². The number of hydrogen-bond donors (Lipinski definition) is 2. The molecule has 1 aliphatic carbocycles. The Balaban J connectivity index is 1.77. The topological polar surface area (TPSA) is 44.4 Å². The highest BCUT2D eigenvalue weighted by Gasteiger charge is 2.27. The normalized spacial score (nSPS) is 26.7. The summed E-state index contributed by atoms with van der Waals surface area (Å²) in [5.74, 6) is 0.213. The van der Waals surface area contributed by atoms with Gasteiger partial charge in [0.2, 0.25) is 5.91 Å². The molecule has 2 fully saturated rings. The molecule has 92 valence electrons. The number of nitrogens with one attached hydrogen (secondary N) is 2. The third-order valence-electron chi connectivity index (χ3n) is 3.48. The molecule has 1 atom stereocenters. The predicted molar refractivity (Wildman–Crippen MR) is 64.3 cm³/mol. The third-order valence-corrected chi connectivity index (χ3v) is 3.48. The quantitative estimate of drug-likeness (QED) is 0.709. The Labute approximate surface area is 97.8 Å². The van der Waals surface area contributed by atoms with Gasteiger partial charge in [-0.25, -0.2) is 0 Å². The highest BCUT2D eigenvalue weighted by molar-refractivity contribution is 5.78.